The maximum Gasteiger partial charge on any atom is 0.306 e. The molecule has 0 aliphatic carbocycles. The van der Waals surface area contributed by atoms with Gasteiger partial charge in [-0.15, -0.1) is 0 Å². The van der Waals surface area contributed by atoms with Crippen LogP contribution in [0.5, 0.6) is 0 Å². The summed E-state index contributed by atoms with van der Waals surface area (Å²) in [7, 11) is 0. The molecule has 0 aliphatic rings. The Balaban J connectivity index is 1.81. The number of aromatic nitrogens is 1. The third kappa shape index (κ3) is 6.36. The van der Waals surface area contributed by atoms with E-state index in [-0.39, 0.29) is 18.4 Å². The SMILES string of the molecule is CC(C)(C)C(CO)NC(=O)C(CC(=O)O)n1ccc(-c2ccc(-c3ccc(C(N)=O)cc3)cc2)c1. The number of amides is 2. The van der Waals surface area contributed by atoms with Gasteiger partial charge in [-0.1, -0.05) is 57.2 Å². The van der Waals surface area contributed by atoms with Crippen molar-refractivity contribution in [3.05, 3.63) is 72.6 Å². The first-order valence-electron chi connectivity index (χ1n) is 11.3. The van der Waals surface area contributed by atoms with E-state index in [0.29, 0.717) is 5.56 Å². The molecule has 0 bridgehead atoms. The van der Waals surface area contributed by atoms with E-state index in [1.165, 1.54) is 0 Å². The van der Waals surface area contributed by atoms with Crippen molar-refractivity contribution in [2.24, 2.45) is 11.1 Å². The summed E-state index contributed by atoms with van der Waals surface area (Å²) in [4.78, 5) is 35.7. The minimum absolute atomic E-state index is 0.246. The van der Waals surface area contributed by atoms with Crippen LogP contribution in [0.2, 0.25) is 0 Å². The third-order valence-electron chi connectivity index (χ3n) is 6.01. The molecule has 8 nitrogen and oxygen atoms in total. The van der Waals surface area contributed by atoms with E-state index in [0.717, 1.165) is 22.3 Å². The molecule has 1 heterocycles. The molecular formula is C27H31N3O5. The summed E-state index contributed by atoms with van der Waals surface area (Å²) in [5.74, 6) is -2.03. The highest BCUT2D eigenvalue weighted by Crippen LogP contribution is 2.27. The number of aliphatic carboxylic acids is 1. The monoisotopic (exact) mass is 477 g/mol. The van der Waals surface area contributed by atoms with E-state index >= 15 is 0 Å². The van der Waals surface area contributed by atoms with Crippen LogP contribution in [-0.2, 0) is 9.59 Å². The number of nitrogens with two attached hydrogens (primary N) is 1. The summed E-state index contributed by atoms with van der Waals surface area (Å²) in [6, 6.07) is 15.1. The summed E-state index contributed by atoms with van der Waals surface area (Å²) < 4.78 is 1.59. The Morgan fingerprint density at radius 3 is 1.89 bits per heavy atom. The molecule has 2 amide bonds. The second-order valence-corrected chi connectivity index (χ2v) is 9.59. The van der Waals surface area contributed by atoms with E-state index in [4.69, 9.17) is 5.73 Å². The first-order valence-corrected chi connectivity index (χ1v) is 11.3. The van der Waals surface area contributed by atoms with E-state index < -0.39 is 29.9 Å². The number of carbonyl (C=O) groups is 3. The number of primary amides is 1. The van der Waals surface area contributed by atoms with Gasteiger partial charge in [0.1, 0.15) is 6.04 Å². The minimum Gasteiger partial charge on any atom is -0.481 e. The fourth-order valence-corrected chi connectivity index (χ4v) is 3.76. The average molecular weight is 478 g/mol. The van der Waals surface area contributed by atoms with Gasteiger partial charge in [-0.25, -0.2) is 0 Å². The summed E-state index contributed by atoms with van der Waals surface area (Å²) in [5, 5.41) is 21.9. The van der Waals surface area contributed by atoms with Gasteiger partial charge in [0.05, 0.1) is 19.1 Å². The predicted molar refractivity (Wildman–Crippen MR) is 134 cm³/mol. The van der Waals surface area contributed by atoms with Crippen LogP contribution >= 0.6 is 0 Å². The zero-order valence-corrected chi connectivity index (χ0v) is 20.1. The number of carbonyl (C=O) groups excluding carboxylic acids is 2. The molecule has 3 aromatic rings. The highest BCUT2D eigenvalue weighted by Gasteiger charge is 2.30. The maximum atomic E-state index is 13.0. The zero-order valence-electron chi connectivity index (χ0n) is 20.1. The fraction of sp³-hybridized carbons (Fsp3) is 0.296. The van der Waals surface area contributed by atoms with Crippen molar-refractivity contribution in [3.63, 3.8) is 0 Å². The molecule has 0 saturated carbocycles. The standard InChI is InChI=1S/C27H31N3O5/c1-27(2,3)23(16-31)29-26(35)22(14-24(32)33)30-13-12-21(15-30)19-6-4-17(5-7-19)18-8-10-20(11-9-18)25(28)34/h4-13,15,22-23,31H,14,16H2,1-3H3,(H2,28,34)(H,29,35)(H,32,33). The number of nitrogens with one attached hydrogen (secondary N) is 1. The number of hydrogen-bond donors (Lipinski definition) is 4. The number of nitrogens with zero attached hydrogens (tertiary/aromatic N) is 1. The van der Waals surface area contributed by atoms with Crippen LogP contribution in [0.15, 0.2) is 67.0 Å². The molecular weight excluding hydrogens is 446 g/mol. The number of carboxylic acids is 1. The first kappa shape index (κ1) is 25.7. The summed E-state index contributed by atoms with van der Waals surface area (Å²) in [6.07, 6.45) is 3.04. The van der Waals surface area contributed by atoms with Crippen LogP contribution in [0.25, 0.3) is 22.3 Å². The molecule has 35 heavy (non-hydrogen) atoms. The highest BCUT2D eigenvalue weighted by molar-refractivity contribution is 5.93. The molecule has 8 heteroatoms. The van der Waals surface area contributed by atoms with Crippen molar-refractivity contribution in [3.8, 4) is 22.3 Å². The topological polar surface area (TPSA) is 135 Å². The summed E-state index contributed by atoms with van der Waals surface area (Å²) in [6.45, 7) is 5.43. The van der Waals surface area contributed by atoms with Gasteiger partial charge in [0.25, 0.3) is 0 Å². The van der Waals surface area contributed by atoms with Crippen molar-refractivity contribution in [1.29, 1.82) is 0 Å². The fourth-order valence-electron chi connectivity index (χ4n) is 3.76. The molecule has 0 spiro atoms. The van der Waals surface area contributed by atoms with Gasteiger partial charge in [-0.2, -0.15) is 0 Å². The molecule has 184 valence electrons. The van der Waals surface area contributed by atoms with E-state index in [9.17, 15) is 24.6 Å². The first-order chi connectivity index (χ1) is 16.5. The highest BCUT2D eigenvalue weighted by atomic mass is 16.4. The smallest absolute Gasteiger partial charge is 0.306 e. The Bertz CT molecular complexity index is 1190. The number of hydrogen-bond acceptors (Lipinski definition) is 4. The maximum absolute atomic E-state index is 13.0. The predicted octanol–water partition coefficient (Wildman–Crippen LogP) is 3.46. The minimum atomic E-state index is -1.09. The molecule has 0 aliphatic heterocycles. The van der Waals surface area contributed by atoms with Crippen LogP contribution in [0.1, 0.15) is 43.6 Å². The largest absolute Gasteiger partial charge is 0.481 e. The Hall–Kier alpha value is -3.91. The molecule has 2 unspecified atom stereocenters. The van der Waals surface area contributed by atoms with Gasteiger partial charge in [-0.3, -0.25) is 14.4 Å². The molecule has 0 radical (unpaired) electrons. The van der Waals surface area contributed by atoms with E-state index in [1.807, 2.05) is 63.2 Å². The molecule has 2 atom stereocenters. The molecule has 1 aromatic heterocycles. The van der Waals surface area contributed by atoms with Gasteiger partial charge >= 0.3 is 5.97 Å². The second-order valence-electron chi connectivity index (χ2n) is 9.59. The number of rotatable bonds is 9. The van der Waals surface area contributed by atoms with Gasteiger partial charge in [0, 0.05) is 18.0 Å². The van der Waals surface area contributed by atoms with Crippen molar-refractivity contribution in [1.82, 2.24) is 9.88 Å². The zero-order chi connectivity index (χ0) is 25.8. The Labute approximate surface area is 204 Å². The number of aliphatic hydroxyl groups is 1. The van der Waals surface area contributed by atoms with Crippen LogP contribution < -0.4 is 11.1 Å². The number of aliphatic hydroxyl groups excluding tert-OH is 1. The number of benzene rings is 2. The molecule has 0 fully saturated rings. The van der Waals surface area contributed by atoms with Gasteiger partial charge < -0.3 is 25.8 Å². The summed E-state index contributed by atoms with van der Waals surface area (Å²) in [5.41, 5.74) is 8.99. The van der Waals surface area contributed by atoms with Crippen molar-refractivity contribution in [2.75, 3.05) is 6.61 Å². The van der Waals surface area contributed by atoms with Crippen molar-refractivity contribution in [2.45, 2.75) is 39.3 Å². The van der Waals surface area contributed by atoms with Gasteiger partial charge in [0.15, 0.2) is 0 Å². The lowest BCUT2D eigenvalue weighted by atomic mass is 9.87. The lowest BCUT2D eigenvalue weighted by Gasteiger charge is -2.31. The second kappa shape index (κ2) is 10.6. The van der Waals surface area contributed by atoms with Crippen molar-refractivity contribution < 1.29 is 24.6 Å². The molecule has 3 rings (SSSR count). The molecule has 2 aromatic carbocycles. The number of carboxylic acid groups (broad SMARTS) is 1. The average Bonchev–Trinajstić information content (AvgIpc) is 3.30. The van der Waals surface area contributed by atoms with Crippen LogP contribution in [0.3, 0.4) is 0 Å². The molecule has 5 N–H and O–H groups in total. The third-order valence-corrected chi connectivity index (χ3v) is 6.01. The lowest BCUT2D eigenvalue weighted by Crippen LogP contribution is -2.48. The molecule has 0 saturated heterocycles. The van der Waals surface area contributed by atoms with Crippen molar-refractivity contribution >= 4 is 17.8 Å². The van der Waals surface area contributed by atoms with E-state index in [2.05, 4.69) is 5.32 Å². The quantitative estimate of drug-likeness (QED) is 0.374. The van der Waals surface area contributed by atoms with Gasteiger partial charge in [0.2, 0.25) is 11.8 Å². The van der Waals surface area contributed by atoms with E-state index in [1.54, 1.807) is 29.1 Å². The van der Waals surface area contributed by atoms with Gasteiger partial charge in [-0.05, 0) is 45.9 Å². The van der Waals surface area contributed by atoms with Crippen LogP contribution in [-0.4, -0.2) is 45.2 Å². The Morgan fingerprint density at radius 1 is 0.914 bits per heavy atom. The summed E-state index contributed by atoms with van der Waals surface area (Å²) >= 11 is 0. The Kier molecular flexibility index (Phi) is 7.76. The lowest BCUT2D eigenvalue weighted by molar-refractivity contribution is -0.141. The van der Waals surface area contributed by atoms with Crippen LogP contribution in [0, 0.1) is 5.41 Å². The Morgan fingerprint density at radius 2 is 1.43 bits per heavy atom. The normalized spacial score (nSPS) is 13.1. The van der Waals surface area contributed by atoms with Crippen LogP contribution in [0.4, 0.5) is 0 Å².